The molecule has 152 valence electrons. The molecule has 1 aromatic heterocycles. The fourth-order valence-electron chi connectivity index (χ4n) is 4.17. The molecule has 1 unspecified atom stereocenters. The second-order valence-electron chi connectivity index (χ2n) is 7.98. The zero-order chi connectivity index (χ0) is 19.9. The van der Waals surface area contributed by atoms with E-state index in [1.165, 1.54) is 32.2 Å². The van der Waals surface area contributed by atoms with Crippen LogP contribution in [0.15, 0.2) is 30.3 Å². The van der Waals surface area contributed by atoms with Crippen LogP contribution in [0.4, 0.5) is 0 Å². The molecule has 1 amide bonds. The molecule has 28 heavy (non-hydrogen) atoms. The van der Waals surface area contributed by atoms with Crippen LogP contribution in [0.2, 0.25) is 0 Å². The van der Waals surface area contributed by atoms with E-state index in [1.54, 1.807) is 0 Å². The lowest BCUT2D eigenvalue weighted by Crippen LogP contribution is -2.40. The number of aromatic nitrogens is 2. The van der Waals surface area contributed by atoms with Crippen molar-refractivity contribution in [2.75, 3.05) is 19.6 Å². The van der Waals surface area contributed by atoms with Gasteiger partial charge in [0.15, 0.2) is 0 Å². The predicted molar refractivity (Wildman–Crippen MR) is 114 cm³/mol. The molecule has 3 rings (SSSR count). The first kappa shape index (κ1) is 20.6. The Bertz CT molecular complexity index is 765. The maximum Gasteiger partial charge on any atom is 0.251 e. The Balaban J connectivity index is 1.43. The van der Waals surface area contributed by atoms with Crippen molar-refractivity contribution >= 4 is 5.91 Å². The smallest absolute Gasteiger partial charge is 0.251 e. The van der Waals surface area contributed by atoms with Gasteiger partial charge in [-0.25, -0.2) is 0 Å². The van der Waals surface area contributed by atoms with Crippen molar-refractivity contribution in [1.29, 1.82) is 0 Å². The summed E-state index contributed by atoms with van der Waals surface area (Å²) in [7, 11) is 0. The Morgan fingerprint density at radius 2 is 2.00 bits per heavy atom. The van der Waals surface area contributed by atoms with Crippen LogP contribution < -0.4 is 5.32 Å². The van der Waals surface area contributed by atoms with Crippen LogP contribution in [-0.4, -0.2) is 46.3 Å². The fraction of sp³-hybridized carbons (Fsp3) is 0.565. The molecule has 5 heteroatoms. The Morgan fingerprint density at radius 3 is 2.68 bits per heavy atom. The highest BCUT2D eigenvalue weighted by Crippen LogP contribution is 2.19. The zero-order valence-corrected chi connectivity index (χ0v) is 17.6. The zero-order valence-electron chi connectivity index (χ0n) is 17.6. The third-order valence-corrected chi connectivity index (χ3v) is 5.78. The molecule has 2 aromatic rings. The van der Waals surface area contributed by atoms with Gasteiger partial charge in [0.2, 0.25) is 0 Å². The number of nitrogens with one attached hydrogen (secondary N) is 1. The molecule has 0 bridgehead atoms. The standard InChI is InChI=1S/C23H34N4O/c1-4-22-8-5-6-14-26(22)15-7-13-24-23(28)21-11-9-20(10-12-21)17-27-19(3)16-18(2)25-27/h9-12,16,22H,4-8,13-15,17H2,1-3H3,(H,24,28). The van der Waals surface area contributed by atoms with Crippen LogP contribution in [-0.2, 0) is 6.54 Å². The number of hydrogen-bond donors (Lipinski definition) is 1. The number of carbonyl (C=O) groups is 1. The van der Waals surface area contributed by atoms with E-state index in [-0.39, 0.29) is 5.91 Å². The van der Waals surface area contributed by atoms with E-state index in [1.807, 2.05) is 35.9 Å². The van der Waals surface area contributed by atoms with E-state index in [9.17, 15) is 4.79 Å². The van der Waals surface area contributed by atoms with Crippen LogP contribution in [0, 0.1) is 13.8 Å². The lowest BCUT2D eigenvalue weighted by Gasteiger charge is -2.35. The van der Waals surface area contributed by atoms with Crippen molar-refractivity contribution in [2.45, 2.75) is 65.5 Å². The molecule has 2 heterocycles. The van der Waals surface area contributed by atoms with Gasteiger partial charge in [-0.1, -0.05) is 25.5 Å². The highest BCUT2D eigenvalue weighted by Gasteiger charge is 2.19. The number of likely N-dealkylation sites (tertiary alicyclic amines) is 1. The number of benzene rings is 1. The molecule has 1 fully saturated rings. The van der Waals surface area contributed by atoms with Crippen molar-refractivity contribution < 1.29 is 4.79 Å². The summed E-state index contributed by atoms with van der Waals surface area (Å²) in [6, 6.07) is 10.7. The van der Waals surface area contributed by atoms with Gasteiger partial charge in [0.05, 0.1) is 12.2 Å². The molecule has 1 aliphatic heterocycles. The molecule has 5 nitrogen and oxygen atoms in total. The third kappa shape index (κ3) is 5.44. The second kappa shape index (κ2) is 9.87. The summed E-state index contributed by atoms with van der Waals surface area (Å²) < 4.78 is 1.99. The summed E-state index contributed by atoms with van der Waals surface area (Å²) in [5, 5.41) is 7.57. The number of hydrogen-bond acceptors (Lipinski definition) is 3. The number of rotatable bonds is 8. The molecule has 1 atom stereocenters. The lowest BCUT2D eigenvalue weighted by atomic mass is 10.00. The number of aryl methyl sites for hydroxylation is 2. The quantitative estimate of drug-likeness (QED) is 0.704. The average molecular weight is 383 g/mol. The summed E-state index contributed by atoms with van der Waals surface area (Å²) >= 11 is 0. The minimum atomic E-state index is 0.0170. The number of amides is 1. The maximum atomic E-state index is 12.4. The van der Waals surface area contributed by atoms with Gasteiger partial charge in [-0.15, -0.1) is 0 Å². The average Bonchev–Trinajstić information content (AvgIpc) is 3.02. The topological polar surface area (TPSA) is 50.2 Å². The summed E-state index contributed by atoms with van der Waals surface area (Å²) in [4.78, 5) is 15.0. The van der Waals surface area contributed by atoms with Crippen molar-refractivity contribution in [2.24, 2.45) is 0 Å². The normalized spacial score (nSPS) is 17.6. The van der Waals surface area contributed by atoms with E-state index in [0.717, 1.165) is 54.6 Å². The molecule has 1 aromatic carbocycles. The van der Waals surface area contributed by atoms with Crippen LogP contribution in [0.25, 0.3) is 0 Å². The van der Waals surface area contributed by atoms with Crippen molar-refractivity contribution in [3.63, 3.8) is 0 Å². The predicted octanol–water partition coefficient (Wildman–Crippen LogP) is 3.93. The molecule has 1 aliphatic rings. The molecular weight excluding hydrogens is 348 g/mol. The first-order chi connectivity index (χ1) is 13.6. The van der Waals surface area contributed by atoms with Gasteiger partial charge >= 0.3 is 0 Å². The molecule has 0 saturated carbocycles. The highest BCUT2D eigenvalue weighted by molar-refractivity contribution is 5.94. The van der Waals surface area contributed by atoms with E-state index in [2.05, 4.69) is 35.2 Å². The van der Waals surface area contributed by atoms with Gasteiger partial charge < -0.3 is 10.2 Å². The van der Waals surface area contributed by atoms with Crippen LogP contribution in [0.5, 0.6) is 0 Å². The first-order valence-electron chi connectivity index (χ1n) is 10.7. The third-order valence-electron chi connectivity index (χ3n) is 5.78. The Hall–Kier alpha value is -2.14. The van der Waals surface area contributed by atoms with Gasteiger partial charge in [-0.2, -0.15) is 5.10 Å². The van der Waals surface area contributed by atoms with Gasteiger partial charge in [-0.05, 0) is 69.8 Å². The maximum absolute atomic E-state index is 12.4. The Labute approximate surface area is 169 Å². The molecular formula is C23H34N4O. The second-order valence-corrected chi connectivity index (χ2v) is 7.98. The van der Waals surface area contributed by atoms with Gasteiger partial charge in [0.25, 0.3) is 5.91 Å². The summed E-state index contributed by atoms with van der Waals surface area (Å²) in [5.74, 6) is 0.0170. The lowest BCUT2D eigenvalue weighted by molar-refractivity contribution is 0.0947. The molecule has 0 aliphatic carbocycles. The van der Waals surface area contributed by atoms with Crippen molar-refractivity contribution in [3.8, 4) is 0 Å². The Kier molecular flexibility index (Phi) is 7.26. The van der Waals surface area contributed by atoms with Gasteiger partial charge in [0.1, 0.15) is 0 Å². The summed E-state index contributed by atoms with van der Waals surface area (Å²) in [6.07, 6.45) is 6.25. The molecule has 1 N–H and O–H groups in total. The SMILES string of the molecule is CCC1CCCCN1CCCNC(=O)c1ccc(Cn2nc(C)cc2C)cc1. The number of piperidine rings is 1. The van der Waals surface area contributed by atoms with Crippen LogP contribution >= 0.6 is 0 Å². The fourth-order valence-corrected chi connectivity index (χ4v) is 4.17. The van der Waals surface area contributed by atoms with E-state index >= 15 is 0 Å². The molecule has 0 radical (unpaired) electrons. The minimum absolute atomic E-state index is 0.0170. The largest absolute Gasteiger partial charge is 0.352 e. The number of carbonyl (C=O) groups excluding carboxylic acids is 1. The monoisotopic (exact) mass is 382 g/mol. The minimum Gasteiger partial charge on any atom is -0.352 e. The van der Waals surface area contributed by atoms with E-state index in [0.29, 0.717) is 0 Å². The number of nitrogens with zero attached hydrogens (tertiary/aromatic N) is 3. The summed E-state index contributed by atoms with van der Waals surface area (Å²) in [6.45, 7) is 10.1. The molecule has 0 spiro atoms. The van der Waals surface area contributed by atoms with Gasteiger partial charge in [0, 0.05) is 30.4 Å². The van der Waals surface area contributed by atoms with Crippen LogP contribution in [0.3, 0.4) is 0 Å². The van der Waals surface area contributed by atoms with Crippen molar-refractivity contribution in [1.82, 2.24) is 20.0 Å². The van der Waals surface area contributed by atoms with E-state index in [4.69, 9.17) is 0 Å². The highest BCUT2D eigenvalue weighted by atomic mass is 16.1. The summed E-state index contributed by atoms with van der Waals surface area (Å²) in [5.41, 5.74) is 4.06. The molecule has 1 saturated heterocycles. The Morgan fingerprint density at radius 1 is 1.21 bits per heavy atom. The first-order valence-corrected chi connectivity index (χ1v) is 10.7. The van der Waals surface area contributed by atoms with Gasteiger partial charge in [-0.3, -0.25) is 9.48 Å². The van der Waals surface area contributed by atoms with Crippen molar-refractivity contribution in [3.05, 3.63) is 52.8 Å². The van der Waals surface area contributed by atoms with Crippen LogP contribution in [0.1, 0.15) is 66.3 Å². The van der Waals surface area contributed by atoms with E-state index < -0.39 is 0 Å².